The first-order valence-electron chi connectivity index (χ1n) is 2.12. The summed E-state index contributed by atoms with van der Waals surface area (Å²) in [6.45, 7) is -0.0639. The molecule has 0 aliphatic carbocycles. The van der Waals surface area contributed by atoms with Crippen LogP contribution in [0.15, 0.2) is 16.9 Å². The van der Waals surface area contributed by atoms with E-state index in [0.717, 1.165) is 4.47 Å². The van der Waals surface area contributed by atoms with Crippen molar-refractivity contribution in [2.45, 2.75) is 6.73 Å². The number of halogens is 1. The molecule has 8 heavy (non-hydrogen) atoms. The topological polar surface area (TPSA) is 38.0 Å². The van der Waals surface area contributed by atoms with Crippen molar-refractivity contribution >= 4 is 15.9 Å². The van der Waals surface area contributed by atoms with E-state index in [9.17, 15) is 0 Å². The lowest BCUT2D eigenvalue weighted by Crippen LogP contribution is -1.94. The Hall–Kier alpha value is -0.350. The molecule has 1 aromatic rings. The molecule has 0 fully saturated rings. The lowest BCUT2D eigenvalue weighted by Gasteiger charge is -1.87. The first kappa shape index (κ1) is 5.78. The van der Waals surface area contributed by atoms with Crippen LogP contribution in [0.2, 0.25) is 0 Å². The first-order chi connectivity index (χ1) is 3.83. The maximum Gasteiger partial charge on any atom is 0.136 e. The summed E-state index contributed by atoms with van der Waals surface area (Å²) in [5.74, 6) is 0. The molecule has 0 atom stereocenters. The van der Waals surface area contributed by atoms with E-state index >= 15 is 0 Å². The van der Waals surface area contributed by atoms with Gasteiger partial charge in [0.25, 0.3) is 0 Å². The minimum Gasteiger partial charge on any atom is -0.374 e. The predicted molar refractivity (Wildman–Crippen MR) is 32.1 cm³/mol. The molecular formula is C4H5BrN2O. The highest BCUT2D eigenvalue weighted by Crippen LogP contribution is 2.04. The molecule has 44 valence electrons. The van der Waals surface area contributed by atoms with Gasteiger partial charge in [0.15, 0.2) is 0 Å². The molecule has 1 heterocycles. The summed E-state index contributed by atoms with van der Waals surface area (Å²) in [6.07, 6.45) is 3.32. The Bertz CT molecular complexity index is 174. The Kier molecular flexibility index (Phi) is 1.65. The third-order valence-electron chi connectivity index (χ3n) is 0.747. The Balaban J connectivity index is 2.84. The molecule has 0 radical (unpaired) electrons. The van der Waals surface area contributed by atoms with Crippen molar-refractivity contribution in [2.24, 2.45) is 0 Å². The van der Waals surface area contributed by atoms with E-state index in [1.54, 1.807) is 12.4 Å². The van der Waals surface area contributed by atoms with Crippen molar-refractivity contribution in [3.05, 3.63) is 16.9 Å². The van der Waals surface area contributed by atoms with Gasteiger partial charge in [-0.25, -0.2) is 4.68 Å². The molecule has 0 bridgehead atoms. The van der Waals surface area contributed by atoms with Gasteiger partial charge in [-0.2, -0.15) is 5.10 Å². The smallest absolute Gasteiger partial charge is 0.136 e. The molecule has 0 aliphatic rings. The first-order valence-corrected chi connectivity index (χ1v) is 2.91. The second kappa shape index (κ2) is 2.28. The van der Waals surface area contributed by atoms with Gasteiger partial charge in [0.1, 0.15) is 6.73 Å². The summed E-state index contributed by atoms with van der Waals surface area (Å²) in [6, 6.07) is 0. The Morgan fingerprint density at radius 3 is 2.88 bits per heavy atom. The lowest BCUT2D eigenvalue weighted by atomic mass is 10.7. The van der Waals surface area contributed by atoms with Gasteiger partial charge in [-0.15, -0.1) is 0 Å². The largest absolute Gasteiger partial charge is 0.374 e. The number of hydrogen-bond donors (Lipinski definition) is 1. The molecule has 1 rings (SSSR count). The Labute approximate surface area is 55.1 Å². The third-order valence-corrected chi connectivity index (χ3v) is 1.16. The number of nitrogens with zero attached hydrogens (tertiary/aromatic N) is 2. The molecule has 0 aliphatic heterocycles. The van der Waals surface area contributed by atoms with Crippen molar-refractivity contribution in [3.8, 4) is 0 Å². The Morgan fingerprint density at radius 2 is 2.62 bits per heavy atom. The third kappa shape index (κ3) is 1.08. The highest BCUT2D eigenvalue weighted by Gasteiger charge is 1.88. The average molecular weight is 177 g/mol. The molecule has 0 saturated carbocycles. The fourth-order valence-corrected chi connectivity index (χ4v) is 0.744. The summed E-state index contributed by atoms with van der Waals surface area (Å²) < 4.78 is 2.30. The molecule has 0 spiro atoms. The minimum absolute atomic E-state index is 0.0639. The minimum atomic E-state index is -0.0639. The van der Waals surface area contributed by atoms with Crippen LogP contribution < -0.4 is 0 Å². The van der Waals surface area contributed by atoms with Gasteiger partial charge in [0.05, 0.1) is 10.7 Å². The van der Waals surface area contributed by atoms with Crippen molar-refractivity contribution in [3.63, 3.8) is 0 Å². The van der Waals surface area contributed by atoms with Crippen LogP contribution in [0.5, 0.6) is 0 Å². The SMILES string of the molecule is OCn1cc(Br)cn1. The summed E-state index contributed by atoms with van der Waals surface area (Å²) >= 11 is 3.18. The Morgan fingerprint density at radius 1 is 1.88 bits per heavy atom. The van der Waals surface area contributed by atoms with Crippen molar-refractivity contribution < 1.29 is 5.11 Å². The molecule has 0 aromatic carbocycles. The van der Waals surface area contributed by atoms with Crippen LogP contribution >= 0.6 is 15.9 Å². The van der Waals surface area contributed by atoms with Gasteiger partial charge in [0, 0.05) is 6.20 Å². The zero-order valence-corrected chi connectivity index (χ0v) is 5.67. The average Bonchev–Trinajstić information content (AvgIpc) is 2.14. The van der Waals surface area contributed by atoms with Gasteiger partial charge in [0.2, 0.25) is 0 Å². The van der Waals surface area contributed by atoms with E-state index in [4.69, 9.17) is 5.11 Å². The van der Waals surface area contributed by atoms with Crippen LogP contribution in [0.4, 0.5) is 0 Å². The summed E-state index contributed by atoms with van der Waals surface area (Å²) in [7, 11) is 0. The van der Waals surface area contributed by atoms with Gasteiger partial charge in [-0.1, -0.05) is 0 Å². The standard InChI is InChI=1S/C4H5BrN2O/c5-4-1-6-7(2-4)3-8/h1-2,8H,3H2. The van der Waals surface area contributed by atoms with E-state index in [0.29, 0.717) is 0 Å². The molecule has 0 saturated heterocycles. The zero-order valence-electron chi connectivity index (χ0n) is 4.08. The van der Waals surface area contributed by atoms with E-state index in [1.165, 1.54) is 4.68 Å². The van der Waals surface area contributed by atoms with E-state index in [-0.39, 0.29) is 6.73 Å². The van der Waals surface area contributed by atoms with Gasteiger partial charge < -0.3 is 5.11 Å². The highest BCUT2D eigenvalue weighted by molar-refractivity contribution is 9.10. The summed E-state index contributed by atoms with van der Waals surface area (Å²) in [5.41, 5.74) is 0. The highest BCUT2D eigenvalue weighted by atomic mass is 79.9. The van der Waals surface area contributed by atoms with Crippen LogP contribution in [0.25, 0.3) is 0 Å². The molecule has 3 nitrogen and oxygen atoms in total. The van der Waals surface area contributed by atoms with Crippen LogP contribution in [0.3, 0.4) is 0 Å². The number of rotatable bonds is 1. The quantitative estimate of drug-likeness (QED) is 0.681. The molecule has 0 amide bonds. The number of aromatic nitrogens is 2. The van der Waals surface area contributed by atoms with E-state index < -0.39 is 0 Å². The summed E-state index contributed by atoms with van der Waals surface area (Å²) in [4.78, 5) is 0. The van der Waals surface area contributed by atoms with Crippen LogP contribution in [0, 0.1) is 0 Å². The van der Waals surface area contributed by atoms with Crippen LogP contribution in [0.1, 0.15) is 0 Å². The van der Waals surface area contributed by atoms with E-state index in [2.05, 4.69) is 21.0 Å². The summed E-state index contributed by atoms with van der Waals surface area (Å²) in [5, 5.41) is 12.2. The maximum atomic E-state index is 8.43. The fraction of sp³-hybridized carbons (Fsp3) is 0.250. The van der Waals surface area contributed by atoms with Crippen molar-refractivity contribution in [2.75, 3.05) is 0 Å². The second-order valence-corrected chi connectivity index (χ2v) is 2.26. The zero-order chi connectivity index (χ0) is 5.98. The molecule has 1 N–H and O–H groups in total. The van der Waals surface area contributed by atoms with E-state index in [1.807, 2.05) is 0 Å². The molecule has 0 unspecified atom stereocenters. The molecular weight excluding hydrogens is 172 g/mol. The van der Waals surface area contributed by atoms with Gasteiger partial charge >= 0.3 is 0 Å². The molecule has 4 heteroatoms. The predicted octanol–water partition coefficient (Wildman–Crippen LogP) is 0.595. The normalized spacial score (nSPS) is 9.75. The fourth-order valence-electron chi connectivity index (χ4n) is 0.416. The second-order valence-electron chi connectivity index (χ2n) is 1.34. The van der Waals surface area contributed by atoms with Crippen LogP contribution in [-0.4, -0.2) is 14.9 Å². The lowest BCUT2D eigenvalue weighted by molar-refractivity contribution is 0.195. The van der Waals surface area contributed by atoms with Crippen molar-refractivity contribution in [1.29, 1.82) is 0 Å². The number of hydrogen-bond acceptors (Lipinski definition) is 2. The maximum absolute atomic E-state index is 8.43. The number of aliphatic hydroxyl groups excluding tert-OH is 1. The van der Waals surface area contributed by atoms with Gasteiger partial charge in [-0.3, -0.25) is 0 Å². The molecule has 1 aromatic heterocycles. The number of aliphatic hydroxyl groups is 1. The van der Waals surface area contributed by atoms with Gasteiger partial charge in [-0.05, 0) is 15.9 Å². The van der Waals surface area contributed by atoms with Crippen LogP contribution in [-0.2, 0) is 6.73 Å². The van der Waals surface area contributed by atoms with Crippen molar-refractivity contribution in [1.82, 2.24) is 9.78 Å². The monoisotopic (exact) mass is 176 g/mol.